The van der Waals surface area contributed by atoms with E-state index >= 15 is 0 Å². The summed E-state index contributed by atoms with van der Waals surface area (Å²) >= 11 is 1.45. The molecule has 0 radical (unpaired) electrons. The highest BCUT2D eigenvalue weighted by atomic mass is 32.1. The molecule has 2 aromatic rings. The van der Waals surface area contributed by atoms with Gasteiger partial charge in [0.1, 0.15) is 0 Å². The van der Waals surface area contributed by atoms with Crippen molar-refractivity contribution in [2.45, 2.75) is 52.0 Å². The lowest BCUT2D eigenvalue weighted by molar-refractivity contribution is 0.411. The van der Waals surface area contributed by atoms with Crippen LogP contribution in [0.25, 0.3) is 4.96 Å². The molecule has 0 bridgehead atoms. The van der Waals surface area contributed by atoms with Crippen LogP contribution < -0.4 is 10.9 Å². The summed E-state index contributed by atoms with van der Waals surface area (Å²) in [4.78, 5) is 16.6. The first kappa shape index (κ1) is 14.5. The standard InChI is InChI=1S/C15H22N4OS/c1-10(2)6-7-11-4-3-5-12(11)17-14-18-19-13(20)8-9-16-15(19)21-14/h8-12H,3-7H2,1-2H3,(H,17,18)/t11-,12+/m1/s1. The van der Waals surface area contributed by atoms with E-state index in [1.807, 2.05) is 0 Å². The van der Waals surface area contributed by atoms with E-state index in [4.69, 9.17) is 0 Å². The maximum Gasteiger partial charge on any atom is 0.275 e. The molecular formula is C15H22N4OS. The molecule has 5 nitrogen and oxygen atoms in total. The molecule has 2 aromatic heterocycles. The van der Waals surface area contributed by atoms with Gasteiger partial charge >= 0.3 is 0 Å². The fourth-order valence-corrected chi connectivity index (χ4v) is 3.92. The van der Waals surface area contributed by atoms with Gasteiger partial charge in [0, 0.05) is 18.3 Å². The Bertz CT molecular complexity index is 663. The number of nitrogens with one attached hydrogen (secondary N) is 1. The summed E-state index contributed by atoms with van der Waals surface area (Å²) in [6.07, 6.45) is 7.88. The third-order valence-electron chi connectivity index (χ3n) is 4.25. The minimum atomic E-state index is -0.118. The molecule has 0 spiro atoms. The summed E-state index contributed by atoms with van der Waals surface area (Å²) in [6, 6.07) is 1.93. The molecule has 2 atom stereocenters. The van der Waals surface area contributed by atoms with Crippen LogP contribution in [0.2, 0.25) is 0 Å². The van der Waals surface area contributed by atoms with Gasteiger partial charge in [-0.1, -0.05) is 38.0 Å². The van der Waals surface area contributed by atoms with E-state index in [0.29, 0.717) is 11.0 Å². The molecule has 1 fully saturated rings. The molecule has 1 N–H and O–H groups in total. The van der Waals surface area contributed by atoms with Gasteiger partial charge in [-0.2, -0.15) is 4.52 Å². The number of hydrogen-bond acceptors (Lipinski definition) is 5. The van der Waals surface area contributed by atoms with Crippen molar-refractivity contribution in [3.8, 4) is 0 Å². The molecule has 114 valence electrons. The Kier molecular flexibility index (Phi) is 4.24. The minimum Gasteiger partial charge on any atom is -0.357 e. The van der Waals surface area contributed by atoms with Crippen LogP contribution in [-0.2, 0) is 0 Å². The molecule has 1 saturated carbocycles. The van der Waals surface area contributed by atoms with Crippen LogP contribution in [-0.4, -0.2) is 20.6 Å². The molecule has 1 aliphatic rings. The Hall–Kier alpha value is -1.43. The van der Waals surface area contributed by atoms with E-state index in [0.717, 1.165) is 17.0 Å². The van der Waals surface area contributed by atoms with Crippen LogP contribution in [0.3, 0.4) is 0 Å². The first-order valence-corrected chi connectivity index (χ1v) is 8.56. The SMILES string of the molecule is CC(C)CC[C@H]1CCC[C@@H]1Nc1nn2c(=O)ccnc2s1. The number of fused-ring (bicyclic) bond motifs is 1. The largest absolute Gasteiger partial charge is 0.357 e. The normalized spacial score (nSPS) is 22.2. The van der Waals surface area contributed by atoms with E-state index in [-0.39, 0.29) is 5.56 Å². The highest BCUT2D eigenvalue weighted by molar-refractivity contribution is 7.20. The Morgan fingerprint density at radius 2 is 2.33 bits per heavy atom. The average Bonchev–Trinajstić information content (AvgIpc) is 3.04. The second kappa shape index (κ2) is 6.13. The maximum absolute atomic E-state index is 11.7. The molecule has 3 rings (SSSR count). The summed E-state index contributed by atoms with van der Waals surface area (Å²) < 4.78 is 1.38. The number of nitrogens with zero attached hydrogens (tertiary/aromatic N) is 3. The monoisotopic (exact) mass is 306 g/mol. The lowest BCUT2D eigenvalue weighted by atomic mass is 9.94. The van der Waals surface area contributed by atoms with Gasteiger partial charge in [-0.3, -0.25) is 4.79 Å². The van der Waals surface area contributed by atoms with Crippen LogP contribution in [0.15, 0.2) is 17.1 Å². The fourth-order valence-electron chi connectivity index (χ4n) is 3.08. The van der Waals surface area contributed by atoms with E-state index in [1.165, 1.54) is 54.0 Å². The van der Waals surface area contributed by atoms with Crippen LogP contribution >= 0.6 is 11.3 Å². The van der Waals surface area contributed by atoms with Crippen molar-refractivity contribution in [3.05, 3.63) is 22.6 Å². The van der Waals surface area contributed by atoms with Crippen molar-refractivity contribution in [1.82, 2.24) is 14.6 Å². The molecule has 0 saturated heterocycles. The molecule has 0 amide bonds. The van der Waals surface area contributed by atoms with Crippen molar-refractivity contribution in [2.75, 3.05) is 5.32 Å². The second-order valence-corrected chi connectivity index (χ2v) is 7.25. The molecule has 0 aromatic carbocycles. The van der Waals surface area contributed by atoms with Gasteiger partial charge in [0.25, 0.3) is 5.56 Å². The Labute approximate surface area is 128 Å². The van der Waals surface area contributed by atoms with Gasteiger partial charge in [0.15, 0.2) is 0 Å². The van der Waals surface area contributed by atoms with Crippen LogP contribution in [0, 0.1) is 11.8 Å². The topological polar surface area (TPSA) is 59.3 Å². The third kappa shape index (κ3) is 3.26. The van der Waals surface area contributed by atoms with Crippen LogP contribution in [0.1, 0.15) is 46.0 Å². The third-order valence-corrected chi connectivity index (χ3v) is 5.11. The molecular weight excluding hydrogens is 284 g/mol. The number of aromatic nitrogens is 3. The molecule has 0 aliphatic heterocycles. The van der Waals surface area contributed by atoms with Gasteiger partial charge in [-0.05, 0) is 31.1 Å². The van der Waals surface area contributed by atoms with Gasteiger partial charge in [-0.25, -0.2) is 4.98 Å². The Morgan fingerprint density at radius 1 is 1.48 bits per heavy atom. The van der Waals surface area contributed by atoms with Gasteiger partial charge < -0.3 is 5.32 Å². The zero-order valence-corrected chi connectivity index (χ0v) is 13.4. The van der Waals surface area contributed by atoms with Gasteiger partial charge in [-0.15, -0.1) is 5.10 Å². The first-order chi connectivity index (χ1) is 10.1. The van der Waals surface area contributed by atoms with E-state index in [2.05, 4.69) is 29.2 Å². The highest BCUT2D eigenvalue weighted by Gasteiger charge is 2.27. The summed E-state index contributed by atoms with van der Waals surface area (Å²) in [7, 11) is 0. The lowest BCUT2D eigenvalue weighted by Crippen LogP contribution is -2.24. The lowest BCUT2D eigenvalue weighted by Gasteiger charge is -2.21. The Morgan fingerprint density at radius 3 is 3.10 bits per heavy atom. The van der Waals surface area contributed by atoms with E-state index in [1.54, 1.807) is 6.20 Å². The van der Waals surface area contributed by atoms with Crippen molar-refractivity contribution >= 4 is 21.4 Å². The van der Waals surface area contributed by atoms with Crippen molar-refractivity contribution in [2.24, 2.45) is 11.8 Å². The maximum atomic E-state index is 11.7. The molecule has 21 heavy (non-hydrogen) atoms. The predicted molar refractivity (Wildman–Crippen MR) is 86.0 cm³/mol. The van der Waals surface area contributed by atoms with Gasteiger partial charge in [0.2, 0.25) is 10.1 Å². The van der Waals surface area contributed by atoms with E-state index in [9.17, 15) is 4.79 Å². The highest BCUT2D eigenvalue weighted by Crippen LogP contribution is 2.33. The molecule has 2 heterocycles. The minimum absolute atomic E-state index is 0.118. The van der Waals surface area contributed by atoms with Crippen molar-refractivity contribution in [1.29, 1.82) is 0 Å². The summed E-state index contributed by atoms with van der Waals surface area (Å²) in [5.74, 6) is 1.49. The van der Waals surface area contributed by atoms with Gasteiger partial charge in [0.05, 0.1) is 0 Å². The average molecular weight is 306 g/mol. The number of hydrogen-bond donors (Lipinski definition) is 1. The smallest absolute Gasteiger partial charge is 0.275 e. The molecule has 0 unspecified atom stereocenters. The first-order valence-electron chi connectivity index (χ1n) is 7.75. The predicted octanol–water partition coefficient (Wildman–Crippen LogP) is 3.17. The fraction of sp³-hybridized carbons (Fsp3) is 0.667. The van der Waals surface area contributed by atoms with Crippen LogP contribution in [0.5, 0.6) is 0 Å². The summed E-state index contributed by atoms with van der Waals surface area (Å²) in [6.45, 7) is 4.56. The van der Waals surface area contributed by atoms with E-state index < -0.39 is 0 Å². The van der Waals surface area contributed by atoms with Crippen molar-refractivity contribution in [3.63, 3.8) is 0 Å². The zero-order valence-electron chi connectivity index (χ0n) is 12.6. The van der Waals surface area contributed by atoms with Crippen LogP contribution in [0.4, 0.5) is 5.13 Å². The number of anilines is 1. The molecule has 1 aliphatic carbocycles. The second-order valence-electron chi connectivity index (χ2n) is 6.30. The molecule has 6 heteroatoms. The summed E-state index contributed by atoms with van der Waals surface area (Å²) in [5, 5.41) is 8.71. The Balaban J connectivity index is 1.72. The summed E-state index contributed by atoms with van der Waals surface area (Å²) in [5.41, 5.74) is -0.118. The number of rotatable bonds is 5. The zero-order chi connectivity index (χ0) is 14.8. The van der Waals surface area contributed by atoms with Crippen molar-refractivity contribution < 1.29 is 0 Å². The quantitative estimate of drug-likeness (QED) is 0.922.